The lowest BCUT2D eigenvalue weighted by atomic mass is 9.85. The number of likely N-dealkylation sites (tertiary alicyclic amines) is 1. The second kappa shape index (κ2) is 7.63. The first-order valence-corrected chi connectivity index (χ1v) is 9.71. The molecule has 1 saturated heterocycles. The van der Waals surface area contributed by atoms with Gasteiger partial charge in [-0.2, -0.15) is 0 Å². The number of methoxy groups -OCH3 is 1. The van der Waals surface area contributed by atoms with Crippen LogP contribution in [0.1, 0.15) is 40.7 Å². The fourth-order valence-electron chi connectivity index (χ4n) is 4.57. The molecule has 1 heterocycles. The van der Waals surface area contributed by atoms with Gasteiger partial charge in [-0.1, -0.05) is 42.5 Å². The van der Waals surface area contributed by atoms with Gasteiger partial charge in [0.25, 0.3) is 0 Å². The molecule has 2 aromatic carbocycles. The quantitative estimate of drug-likeness (QED) is 0.803. The van der Waals surface area contributed by atoms with Crippen LogP contribution in [-0.4, -0.2) is 30.9 Å². The molecule has 0 saturated carbocycles. The summed E-state index contributed by atoms with van der Waals surface area (Å²) in [4.78, 5) is 15.3. The lowest BCUT2D eigenvalue weighted by Gasteiger charge is -2.33. The molecule has 0 N–H and O–H groups in total. The van der Waals surface area contributed by atoms with Gasteiger partial charge in [-0.3, -0.25) is 9.69 Å². The van der Waals surface area contributed by atoms with Gasteiger partial charge in [0.2, 0.25) is 0 Å². The average Bonchev–Trinajstić information content (AvgIpc) is 3.00. The van der Waals surface area contributed by atoms with Gasteiger partial charge in [0.05, 0.1) is 7.11 Å². The topological polar surface area (TPSA) is 29.5 Å². The monoisotopic (exact) mass is 349 g/mol. The zero-order valence-electron chi connectivity index (χ0n) is 15.5. The van der Waals surface area contributed by atoms with Crippen molar-refractivity contribution in [2.75, 3.05) is 20.2 Å². The Balaban J connectivity index is 1.32. The van der Waals surface area contributed by atoms with Crippen LogP contribution in [-0.2, 0) is 13.0 Å². The van der Waals surface area contributed by atoms with E-state index in [1.165, 1.54) is 18.4 Å². The zero-order chi connectivity index (χ0) is 17.9. The van der Waals surface area contributed by atoms with E-state index < -0.39 is 0 Å². The van der Waals surface area contributed by atoms with Crippen LogP contribution < -0.4 is 4.74 Å². The van der Waals surface area contributed by atoms with Gasteiger partial charge < -0.3 is 4.74 Å². The van der Waals surface area contributed by atoms with Gasteiger partial charge in [0.1, 0.15) is 5.75 Å². The van der Waals surface area contributed by atoms with Crippen LogP contribution in [0.3, 0.4) is 0 Å². The number of piperidine rings is 1. The van der Waals surface area contributed by atoms with Crippen LogP contribution in [0.25, 0.3) is 0 Å². The van der Waals surface area contributed by atoms with Crippen LogP contribution in [0.2, 0.25) is 0 Å². The molecule has 1 aliphatic carbocycles. The summed E-state index contributed by atoms with van der Waals surface area (Å²) in [5, 5.41) is 0. The predicted molar refractivity (Wildman–Crippen MR) is 104 cm³/mol. The first-order valence-electron chi connectivity index (χ1n) is 9.71. The number of carbonyl (C=O) groups excluding carboxylic acids is 1. The van der Waals surface area contributed by atoms with Crippen molar-refractivity contribution in [1.29, 1.82) is 0 Å². The molecule has 0 spiro atoms. The summed E-state index contributed by atoms with van der Waals surface area (Å²) in [6.07, 6.45) is 4.27. The Bertz CT molecular complexity index is 763. The number of fused-ring (bicyclic) bond motifs is 1. The summed E-state index contributed by atoms with van der Waals surface area (Å²) in [6, 6.07) is 16.6. The van der Waals surface area contributed by atoms with Crippen molar-refractivity contribution in [3.63, 3.8) is 0 Å². The molecule has 1 aliphatic heterocycles. The Morgan fingerprint density at radius 3 is 2.54 bits per heavy atom. The number of ketones is 1. The second-order valence-corrected chi connectivity index (χ2v) is 7.69. The molecule has 0 amide bonds. The SMILES string of the molecule is COc1cccc2c1CC(CC1CCN(Cc3ccccc3)CC1)C2=O. The molecule has 0 radical (unpaired) electrons. The molecule has 0 bridgehead atoms. The molecular formula is C23H27NO2. The average molecular weight is 349 g/mol. The van der Waals surface area contributed by atoms with Crippen LogP contribution >= 0.6 is 0 Å². The van der Waals surface area contributed by atoms with E-state index in [0.29, 0.717) is 11.7 Å². The maximum absolute atomic E-state index is 12.8. The van der Waals surface area contributed by atoms with Crippen LogP contribution in [0.4, 0.5) is 0 Å². The Hall–Kier alpha value is -2.13. The highest BCUT2D eigenvalue weighted by atomic mass is 16.5. The van der Waals surface area contributed by atoms with E-state index >= 15 is 0 Å². The Morgan fingerprint density at radius 2 is 1.81 bits per heavy atom. The number of nitrogens with zero attached hydrogens (tertiary/aromatic N) is 1. The van der Waals surface area contributed by atoms with Crippen LogP contribution in [0, 0.1) is 11.8 Å². The lowest BCUT2D eigenvalue weighted by Crippen LogP contribution is -2.34. The van der Waals surface area contributed by atoms with Gasteiger partial charge in [0, 0.05) is 23.6 Å². The minimum Gasteiger partial charge on any atom is -0.496 e. The molecule has 2 aromatic rings. The van der Waals surface area contributed by atoms with Crippen molar-refractivity contribution < 1.29 is 9.53 Å². The van der Waals surface area contributed by atoms with Crippen LogP contribution in [0.5, 0.6) is 5.75 Å². The highest BCUT2D eigenvalue weighted by molar-refractivity contribution is 6.02. The molecule has 0 aromatic heterocycles. The highest BCUT2D eigenvalue weighted by Gasteiger charge is 2.34. The Labute approximate surface area is 156 Å². The molecule has 26 heavy (non-hydrogen) atoms. The summed E-state index contributed by atoms with van der Waals surface area (Å²) in [6.45, 7) is 3.31. The number of ether oxygens (including phenoxy) is 1. The summed E-state index contributed by atoms with van der Waals surface area (Å²) < 4.78 is 5.46. The molecule has 3 heteroatoms. The van der Waals surface area contributed by atoms with E-state index in [9.17, 15) is 4.79 Å². The van der Waals surface area contributed by atoms with Crippen molar-refractivity contribution in [1.82, 2.24) is 4.90 Å². The molecule has 136 valence electrons. The van der Waals surface area contributed by atoms with E-state index in [1.54, 1.807) is 7.11 Å². The number of benzene rings is 2. The molecule has 2 aliphatic rings. The van der Waals surface area contributed by atoms with Crippen LogP contribution in [0.15, 0.2) is 48.5 Å². The third-order valence-electron chi connectivity index (χ3n) is 6.01. The van der Waals surface area contributed by atoms with Gasteiger partial charge in [-0.15, -0.1) is 0 Å². The predicted octanol–water partition coefficient (Wildman–Crippen LogP) is 4.35. The number of carbonyl (C=O) groups is 1. The summed E-state index contributed by atoms with van der Waals surface area (Å²) in [5.74, 6) is 2.00. The normalized spacial score (nSPS) is 21.0. The smallest absolute Gasteiger partial charge is 0.166 e. The molecule has 1 unspecified atom stereocenters. The first kappa shape index (κ1) is 17.3. The molecular weight excluding hydrogens is 322 g/mol. The molecule has 1 atom stereocenters. The van der Waals surface area contributed by atoms with E-state index in [-0.39, 0.29) is 5.92 Å². The fraction of sp³-hybridized carbons (Fsp3) is 0.435. The number of rotatable bonds is 5. The second-order valence-electron chi connectivity index (χ2n) is 7.69. The van der Waals surface area contributed by atoms with Crippen molar-refractivity contribution in [2.24, 2.45) is 11.8 Å². The summed E-state index contributed by atoms with van der Waals surface area (Å²) in [5.41, 5.74) is 3.39. The van der Waals surface area contributed by atoms with Gasteiger partial charge in [-0.25, -0.2) is 0 Å². The number of hydrogen-bond donors (Lipinski definition) is 0. The number of hydrogen-bond acceptors (Lipinski definition) is 3. The van der Waals surface area contributed by atoms with Crippen molar-refractivity contribution in [3.8, 4) is 5.75 Å². The summed E-state index contributed by atoms with van der Waals surface area (Å²) in [7, 11) is 1.69. The van der Waals surface area contributed by atoms with E-state index in [2.05, 4.69) is 35.2 Å². The third-order valence-corrected chi connectivity index (χ3v) is 6.01. The minimum absolute atomic E-state index is 0.145. The first-order chi connectivity index (χ1) is 12.7. The van der Waals surface area contributed by atoms with Gasteiger partial charge in [0.15, 0.2) is 5.78 Å². The molecule has 3 nitrogen and oxygen atoms in total. The van der Waals surface area contributed by atoms with Gasteiger partial charge >= 0.3 is 0 Å². The highest BCUT2D eigenvalue weighted by Crippen LogP contribution is 2.38. The van der Waals surface area contributed by atoms with E-state index in [1.807, 2.05) is 18.2 Å². The maximum atomic E-state index is 12.8. The fourth-order valence-corrected chi connectivity index (χ4v) is 4.57. The third kappa shape index (κ3) is 3.54. The van der Waals surface area contributed by atoms with E-state index in [0.717, 1.165) is 49.4 Å². The molecule has 1 fully saturated rings. The lowest BCUT2D eigenvalue weighted by molar-refractivity contribution is 0.0895. The Morgan fingerprint density at radius 1 is 1.04 bits per heavy atom. The van der Waals surface area contributed by atoms with Crippen molar-refractivity contribution >= 4 is 5.78 Å². The standard InChI is InChI=1S/C23H27NO2/c1-26-22-9-5-8-20-21(22)15-19(23(20)25)14-17-10-12-24(13-11-17)16-18-6-3-2-4-7-18/h2-9,17,19H,10-16H2,1H3. The number of Topliss-reactive ketones (excluding diaryl/α,β-unsaturated/α-hetero) is 1. The maximum Gasteiger partial charge on any atom is 0.166 e. The van der Waals surface area contributed by atoms with Crippen molar-refractivity contribution in [3.05, 3.63) is 65.2 Å². The summed E-state index contributed by atoms with van der Waals surface area (Å²) >= 11 is 0. The zero-order valence-corrected chi connectivity index (χ0v) is 15.5. The van der Waals surface area contributed by atoms with Crippen molar-refractivity contribution in [2.45, 2.75) is 32.2 Å². The molecule has 4 rings (SSSR count). The minimum atomic E-state index is 0.145. The van der Waals surface area contributed by atoms with Gasteiger partial charge in [-0.05, 0) is 56.3 Å². The largest absolute Gasteiger partial charge is 0.496 e. The Kier molecular flexibility index (Phi) is 5.07. The van der Waals surface area contributed by atoms with E-state index in [4.69, 9.17) is 4.74 Å².